The zero-order valence-electron chi connectivity index (χ0n) is 13.3. The maximum atomic E-state index is 11.1. The van der Waals surface area contributed by atoms with Gasteiger partial charge in [-0.25, -0.2) is 8.42 Å². The number of aliphatic imine (C=N–C) groups is 1. The SMILES string of the molecule is CCNC(=NCCC(C)C)NC(C)CCS(C)(=O)=O.I. The van der Waals surface area contributed by atoms with Crippen LogP contribution in [0.15, 0.2) is 4.99 Å². The Balaban J connectivity index is 0. The van der Waals surface area contributed by atoms with Crippen LogP contribution in [0.25, 0.3) is 0 Å². The molecular weight excluding hydrogens is 389 g/mol. The zero-order valence-corrected chi connectivity index (χ0v) is 16.4. The van der Waals surface area contributed by atoms with Crippen molar-refractivity contribution in [1.29, 1.82) is 0 Å². The van der Waals surface area contributed by atoms with E-state index in [1.807, 2.05) is 13.8 Å². The highest BCUT2D eigenvalue weighted by molar-refractivity contribution is 14.0. The Hall–Kier alpha value is -0.0500. The van der Waals surface area contributed by atoms with E-state index in [4.69, 9.17) is 0 Å². The van der Waals surface area contributed by atoms with E-state index in [0.717, 1.165) is 25.5 Å². The van der Waals surface area contributed by atoms with Crippen LogP contribution < -0.4 is 10.6 Å². The predicted octanol–water partition coefficient (Wildman–Crippen LogP) is 2.03. The zero-order chi connectivity index (χ0) is 14.9. The summed E-state index contributed by atoms with van der Waals surface area (Å²) < 4.78 is 22.2. The van der Waals surface area contributed by atoms with Crippen LogP contribution in [0.2, 0.25) is 0 Å². The van der Waals surface area contributed by atoms with E-state index < -0.39 is 9.84 Å². The lowest BCUT2D eigenvalue weighted by Crippen LogP contribution is -2.43. The molecule has 0 amide bonds. The summed E-state index contributed by atoms with van der Waals surface area (Å²) in [6, 6.07) is 0.0894. The Labute approximate surface area is 141 Å². The molecule has 122 valence electrons. The third-order valence-corrected chi connectivity index (χ3v) is 3.60. The first-order chi connectivity index (χ1) is 8.74. The van der Waals surface area contributed by atoms with Gasteiger partial charge in [-0.15, -0.1) is 24.0 Å². The number of nitrogens with zero attached hydrogens (tertiary/aromatic N) is 1. The molecule has 0 saturated heterocycles. The molecule has 0 aliphatic heterocycles. The van der Waals surface area contributed by atoms with Gasteiger partial charge in [0.25, 0.3) is 0 Å². The minimum Gasteiger partial charge on any atom is -0.357 e. The summed E-state index contributed by atoms with van der Waals surface area (Å²) in [5.74, 6) is 1.60. The lowest BCUT2D eigenvalue weighted by molar-refractivity contribution is 0.576. The third kappa shape index (κ3) is 14.4. The van der Waals surface area contributed by atoms with Crippen molar-refractivity contribution in [3.63, 3.8) is 0 Å². The van der Waals surface area contributed by atoms with Crippen molar-refractivity contribution in [3.05, 3.63) is 0 Å². The predicted molar refractivity (Wildman–Crippen MR) is 97.8 cm³/mol. The Morgan fingerprint density at radius 3 is 2.25 bits per heavy atom. The lowest BCUT2D eigenvalue weighted by atomic mass is 10.1. The van der Waals surface area contributed by atoms with Gasteiger partial charge in [-0.05, 0) is 32.6 Å². The second-order valence-corrected chi connectivity index (χ2v) is 7.67. The van der Waals surface area contributed by atoms with Crippen molar-refractivity contribution in [3.8, 4) is 0 Å². The molecule has 0 saturated carbocycles. The first kappa shape index (κ1) is 22.2. The molecule has 0 spiro atoms. The fourth-order valence-electron chi connectivity index (χ4n) is 1.45. The van der Waals surface area contributed by atoms with Gasteiger partial charge in [-0.2, -0.15) is 0 Å². The van der Waals surface area contributed by atoms with Crippen LogP contribution >= 0.6 is 24.0 Å². The van der Waals surface area contributed by atoms with E-state index in [0.29, 0.717) is 12.3 Å². The van der Waals surface area contributed by atoms with Gasteiger partial charge in [0, 0.05) is 25.4 Å². The molecule has 20 heavy (non-hydrogen) atoms. The number of rotatable bonds is 8. The molecular formula is C13H30IN3O2S. The van der Waals surface area contributed by atoms with Crippen molar-refractivity contribution in [2.45, 2.75) is 46.6 Å². The largest absolute Gasteiger partial charge is 0.357 e. The van der Waals surface area contributed by atoms with Gasteiger partial charge in [0.05, 0.1) is 5.75 Å². The fourth-order valence-corrected chi connectivity index (χ4v) is 2.23. The summed E-state index contributed by atoms with van der Waals surface area (Å²) >= 11 is 0. The first-order valence-corrected chi connectivity index (χ1v) is 9.03. The van der Waals surface area contributed by atoms with Gasteiger partial charge in [0.1, 0.15) is 9.84 Å². The van der Waals surface area contributed by atoms with Crippen molar-refractivity contribution in [1.82, 2.24) is 10.6 Å². The smallest absolute Gasteiger partial charge is 0.191 e. The number of halogens is 1. The highest BCUT2D eigenvalue weighted by Gasteiger charge is 2.09. The van der Waals surface area contributed by atoms with Crippen LogP contribution in [0.5, 0.6) is 0 Å². The van der Waals surface area contributed by atoms with Gasteiger partial charge in [0.2, 0.25) is 0 Å². The molecule has 0 aromatic heterocycles. The second-order valence-electron chi connectivity index (χ2n) is 5.41. The number of nitrogens with one attached hydrogen (secondary N) is 2. The van der Waals surface area contributed by atoms with Crippen LogP contribution in [0.4, 0.5) is 0 Å². The summed E-state index contributed by atoms with van der Waals surface area (Å²) in [4.78, 5) is 4.48. The molecule has 0 radical (unpaired) electrons. The molecule has 1 unspecified atom stereocenters. The minimum absolute atomic E-state index is 0. The molecule has 0 aromatic carbocycles. The summed E-state index contributed by atoms with van der Waals surface area (Å²) in [7, 11) is -2.90. The quantitative estimate of drug-likeness (QED) is 0.359. The topological polar surface area (TPSA) is 70.6 Å². The van der Waals surface area contributed by atoms with Crippen molar-refractivity contribution in [2.24, 2.45) is 10.9 Å². The summed E-state index contributed by atoms with van der Waals surface area (Å²) in [5, 5.41) is 6.41. The Morgan fingerprint density at radius 2 is 1.80 bits per heavy atom. The monoisotopic (exact) mass is 419 g/mol. The van der Waals surface area contributed by atoms with Gasteiger partial charge in [-0.1, -0.05) is 13.8 Å². The molecule has 1 atom stereocenters. The van der Waals surface area contributed by atoms with E-state index in [-0.39, 0.29) is 35.8 Å². The molecule has 0 aromatic rings. The van der Waals surface area contributed by atoms with Gasteiger partial charge in [-0.3, -0.25) is 4.99 Å². The van der Waals surface area contributed by atoms with Crippen LogP contribution in [-0.4, -0.2) is 45.5 Å². The molecule has 0 heterocycles. The van der Waals surface area contributed by atoms with Crippen LogP contribution in [0.1, 0.15) is 40.5 Å². The van der Waals surface area contributed by atoms with Crippen molar-refractivity contribution in [2.75, 3.05) is 25.1 Å². The van der Waals surface area contributed by atoms with Crippen LogP contribution in [-0.2, 0) is 9.84 Å². The second kappa shape index (κ2) is 11.6. The molecule has 0 aliphatic carbocycles. The maximum absolute atomic E-state index is 11.1. The fraction of sp³-hybridized carbons (Fsp3) is 0.923. The van der Waals surface area contributed by atoms with Crippen LogP contribution in [0.3, 0.4) is 0 Å². The number of guanidine groups is 1. The Morgan fingerprint density at radius 1 is 1.20 bits per heavy atom. The van der Waals surface area contributed by atoms with E-state index in [1.165, 1.54) is 6.26 Å². The Bertz CT molecular complexity index is 370. The average molecular weight is 419 g/mol. The molecule has 7 heteroatoms. The third-order valence-electron chi connectivity index (χ3n) is 2.63. The molecule has 0 bridgehead atoms. The average Bonchev–Trinajstić information content (AvgIpc) is 2.25. The van der Waals surface area contributed by atoms with E-state index in [9.17, 15) is 8.42 Å². The standard InChI is InChI=1S/C13H29N3O2S.HI/c1-6-14-13(15-9-7-11(2)3)16-12(4)8-10-19(5,17)18;/h11-12H,6-10H2,1-5H3,(H2,14,15,16);1H. The molecule has 2 N–H and O–H groups in total. The normalized spacial score (nSPS) is 13.8. The molecule has 0 aliphatic rings. The molecule has 0 fully saturated rings. The molecule has 0 rings (SSSR count). The van der Waals surface area contributed by atoms with Gasteiger partial charge < -0.3 is 10.6 Å². The molecule has 5 nitrogen and oxygen atoms in total. The Kier molecular flexibility index (Phi) is 12.9. The van der Waals surface area contributed by atoms with Crippen molar-refractivity contribution >= 4 is 39.8 Å². The van der Waals surface area contributed by atoms with Gasteiger partial charge in [0.15, 0.2) is 5.96 Å². The maximum Gasteiger partial charge on any atom is 0.191 e. The highest BCUT2D eigenvalue weighted by Crippen LogP contribution is 1.99. The lowest BCUT2D eigenvalue weighted by Gasteiger charge is -2.17. The summed E-state index contributed by atoms with van der Waals surface area (Å²) in [6.45, 7) is 9.91. The first-order valence-electron chi connectivity index (χ1n) is 6.97. The van der Waals surface area contributed by atoms with Gasteiger partial charge >= 0.3 is 0 Å². The highest BCUT2D eigenvalue weighted by atomic mass is 127. The number of hydrogen-bond acceptors (Lipinski definition) is 3. The van der Waals surface area contributed by atoms with E-state index in [2.05, 4.69) is 29.5 Å². The van der Waals surface area contributed by atoms with E-state index in [1.54, 1.807) is 0 Å². The van der Waals surface area contributed by atoms with Crippen molar-refractivity contribution < 1.29 is 8.42 Å². The minimum atomic E-state index is -2.90. The summed E-state index contributed by atoms with van der Waals surface area (Å²) in [5.41, 5.74) is 0. The van der Waals surface area contributed by atoms with Crippen LogP contribution in [0, 0.1) is 5.92 Å². The number of sulfone groups is 1. The number of hydrogen-bond donors (Lipinski definition) is 2. The van der Waals surface area contributed by atoms with E-state index >= 15 is 0 Å². The summed E-state index contributed by atoms with van der Waals surface area (Å²) in [6.07, 6.45) is 2.91.